The highest BCUT2D eigenvalue weighted by atomic mass is 16.6. The van der Waals surface area contributed by atoms with E-state index in [1.165, 1.54) is 0 Å². The number of carbonyl (C=O) groups excluding carboxylic acids is 2. The first-order chi connectivity index (χ1) is 10.9. The Hall–Kier alpha value is -1.79. The molecule has 0 rings (SSSR count). The molecule has 0 radical (unpaired) electrons. The molecule has 0 aliphatic heterocycles. The van der Waals surface area contributed by atoms with Crippen LogP contribution in [0.1, 0.15) is 61.3 Å². The maximum atomic E-state index is 12.5. The number of amides is 2. The number of rotatable bonds is 8. The molecule has 3 atom stereocenters. The lowest BCUT2D eigenvalue weighted by Crippen LogP contribution is -2.54. The van der Waals surface area contributed by atoms with E-state index in [2.05, 4.69) is 10.6 Å². The molecule has 0 bridgehead atoms. The summed E-state index contributed by atoms with van der Waals surface area (Å²) in [5.41, 5.74) is -0.679. The molecule has 24 heavy (non-hydrogen) atoms. The van der Waals surface area contributed by atoms with Gasteiger partial charge in [-0.3, -0.25) is 4.79 Å². The summed E-state index contributed by atoms with van der Waals surface area (Å²) in [6, 6.07) is -1.83. The van der Waals surface area contributed by atoms with Crippen LogP contribution in [0.2, 0.25) is 0 Å². The summed E-state index contributed by atoms with van der Waals surface area (Å²) in [7, 11) is 0. The molecule has 0 aromatic heterocycles. The van der Waals surface area contributed by atoms with Crippen LogP contribution >= 0.6 is 0 Å². The third-order valence-electron chi connectivity index (χ3n) is 3.49. The monoisotopic (exact) mass is 344 g/mol. The van der Waals surface area contributed by atoms with Crippen molar-refractivity contribution in [2.75, 3.05) is 0 Å². The first-order valence-corrected chi connectivity index (χ1v) is 8.40. The van der Waals surface area contributed by atoms with Gasteiger partial charge in [-0.15, -0.1) is 0 Å². The van der Waals surface area contributed by atoms with Crippen molar-refractivity contribution in [3.63, 3.8) is 0 Å². The molecular formula is C17H32N2O5. The molecule has 0 aliphatic rings. The van der Waals surface area contributed by atoms with Crippen LogP contribution in [0, 0.1) is 11.8 Å². The van der Waals surface area contributed by atoms with Gasteiger partial charge in [-0.05, 0) is 39.0 Å². The molecule has 0 unspecified atom stereocenters. The molecule has 0 aromatic rings. The van der Waals surface area contributed by atoms with Gasteiger partial charge in [0, 0.05) is 0 Å². The van der Waals surface area contributed by atoms with Crippen molar-refractivity contribution in [1.29, 1.82) is 0 Å². The predicted octanol–water partition coefficient (Wildman–Crippen LogP) is 2.54. The second-order valence-electron chi connectivity index (χ2n) is 7.54. The molecule has 0 aliphatic carbocycles. The SMILES string of the molecule is CC[C@H](C)[C@H](NC(=O)OC(C)(C)C)C(=O)N[C@@H](CC(C)C)C(=O)O. The second-order valence-corrected chi connectivity index (χ2v) is 7.54. The first-order valence-electron chi connectivity index (χ1n) is 8.40. The molecule has 0 fully saturated rings. The zero-order valence-corrected chi connectivity index (χ0v) is 15.8. The van der Waals surface area contributed by atoms with Gasteiger partial charge < -0.3 is 20.5 Å². The highest BCUT2D eigenvalue weighted by Crippen LogP contribution is 2.12. The lowest BCUT2D eigenvalue weighted by Gasteiger charge is -2.27. The molecule has 0 saturated heterocycles. The number of alkyl carbamates (subject to hydrolysis) is 1. The Bertz CT molecular complexity index is 443. The molecule has 3 N–H and O–H groups in total. The molecule has 140 valence electrons. The average molecular weight is 344 g/mol. The summed E-state index contributed by atoms with van der Waals surface area (Å²) >= 11 is 0. The van der Waals surface area contributed by atoms with Crippen molar-refractivity contribution < 1.29 is 24.2 Å². The van der Waals surface area contributed by atoms with E-state index < -0.39 is 35.7 Å². The Morgan fingerprint density at radius 1 is 1.08 bits per heavy atom. The minimum atomic E-state index is -1.09. The number of carbonyl (C=O) groups is 3. The third-order valence-corrected chi connectivity index (χ3v) is 3.49. The number of ether oxygens (including phenoxy) is 1. The van der Waals surface area contributed by atoms with Gasteiger partial charge in [0.25, 0.3) is 0 Å². The van der Waals surface area contributed by atoms with E-state index in [-0.39, 0.29) is 11.8 Å². The fourth-order valence-corrected chi connectivity index (χ4v) is 2.09. The van der Waals surface area contributed by atoms with Crippen LogP contribution in [0.4, 0.5) is 4.79 Å². The summed E-state index contributed by atoms with van der Waals surface area (Å²) < 4.78 is 5.18. The highest BCUT2D eigenvalue weighted by molar-refractivity contribution is 5.89. The van der Waals surface area contributed by atoms with Crippen LogP contribution in [0.5, 0.6) is 0 Å². The molecule has 0 saturated carbocycles. The first kappa shape index (κ1) is 22.2. The van der Waals surface area contributed by atoms with Gasteiger partial charge in [0.05, 0.1) is 0 Å². The lowest BCUT2D eigenvalue weighted by molar-refractivity contribution is -0.142. The van der Waals surface area contributed by atoms with Gasteiger partial charge in [0.1, 0.15) is 17.7 Å². The van der Waals surface area contributed by atoms with E-state index in [9.17, 15) is 19.5 Å². The fraction of sp³-hybridized carbons (Fsp3) is 0.824. The second kappa shape index (κ2) is 9.49. The zero-order chi connectivity index (χ0) is 19.1. The largest absolute Gasteiger partial charge is 0.480 e. The van der Waals surface area contributed by atoms with E-state index in [1.54, 1.807) is 20.8 Å². The smallest absolute Gasteiger partial charge is 0.408 e. The number of nitrogens with one attached hydrogen (secondary N) is 2. The number of aliphatic carboxylic acids is 1. The van der Waals surface area contributed by atoms with Crippen molar-refractivity contribution in [1.82, 2.24) is 10.6 Å². The Balaban J connectivity index is 5.06. The summed E-state index contributed by atoms with van der Waals surface area (Å²) in [4.78, 5) is 35.8. The number of carboxylic acid groups (broad SMARTS) is 1. The van der Waals surface area contributed by atoms with Crippen molar-refractivity contribution in [3.8, 4) is 0 Å². The Morgan fingerprint density at radius 2 is 1.62 bits per heavy atom. The van der Waals surface area contributed by atoms with Crippen LogP contribution < -0.4 is 10.6 Å². The summed E-state index contributed by atoms with van der Waals surface area (Å²) in [5.74, 6) is -1.64. The Morgan fingerprint density at radius 3 is 2.00 bits per heavy atom. The third kappa shape index (κ3) is 8.74. The van der Waals surface area contributed by atoms with Gasteiger partial charge in [-0.2, -0.15) is 0 Å². The van der Waals surface area contributed by atoms with Crippen LogP contribution in [0.25, 0.3) is 0 Å². The van der Waals surface area contributed by atoms with E-state index in [1.807, 2.05) is 27.7 Å². The minimum Gasteiger partial charge on any atom is -0.480 e. The average Bonchev–Trinajstić information content (AvgIpc) is 2.40. The van der Waals surface area contributed by atoms with Gasteiger partial charge >= 0.3 is 12.1 Å². The van der Waals surface area contributed by atoms with E-state index in [4.69, 9.17) is 4.74 Å². The van der Waals surface area contributed by atoms with E-state index >= 15 is 0 Å². The normalized spacial score (nSPS) is 15.3. The molecule has 7 nitrogen and oxygen atoms in total. The Labute approximate surface area is 144 Å². The number of hydrogen-bond acceptors (Lipinski definition) is 4. The molecule has 2 amide bonds. The number of hydrogen-bond donors (Lipinski definition) is 3. The topological polar surface area (TPSA) is 105 Å². The van der Waals surface area contributed by atoms with Crippen LogP contribution in [0.3, 0.4) is 0 Å². The number of carboxylic acids is 1. The molecule has 0 aromatic carbocycles. The van der Waals surface area contributed by atoms with Gasteiger partial charge in [0.15, 0.2) is 0 Å². The summed E-state index contributed by atoms with van der Waals surface area (Å²) in [5, 5.41) is 14.3. The molecular weight excluding hydrogens is 312 g/mol. The summed E-state index contributed by atoms with van der Waals surface area (Å²) in [6.45, 7) is 12.7. The highest BCUT2D eigenvalue weighted by Gasteiger charge is 2.31. The standard InChI is InChI=1S/C17H32N2O5/c1-8-11(4)13(19-16(23)24-17(5,6)7)14(20)18-12(15(21)22)9-10(2)3/h10-13H,8-9H2,1-7H3,(H,18,20)(H,19,23)(H,21,22)/t11-,12-,13-/m0/s1. The van der Waals surface area contributed by atoms with Gasteiger partial charge in [-0.25, -0.2) is 9.59 Å². The van der Waals surface area contributed by atoms with Crippen LogP contribution in [0.15, 0.2) is 0 Å². The predicted molar refractivity (Wildman–Crippen MR) is 91.6 cm³/mol. The lowest BCUT2D eigenvalue weighted by atomic mass is 9.97. The van der Waals surface area contributed by atoms with Crippen molar-refractivity contribution in [2.45, 2.75) is 79.0 Å². The zero-order valence-electron chi connectivity index (χ0n) is 15.8. The van der Waals surface area contributed by atoms with Crippen LogP contribution in [-0.2, 0) is 14.3 Å². The quantitative estimate of drug-likeness (QED) is 0.627. The molecule has 0 spiro atoms. The van der Waals surface area contributed by atoms with Crippen molar-refractivity contribution >= 4 is 18.0 Å². The van der Waals surface area contributed by atoms with Gasteiger partial charge in [-0.1, -0.05) is 34.1 Å². The fourth-order valence-electron chi connectivity index (χ4n) is 2.09. The maximum absolute atomic E-state index is 12.5. The Kier molecular flexibility index (Phi) is 8.78. The maximum Gasteiger partial charge on any atom is 0.408 e. The van der Waals surface area contributed by atoms with Crippen LogP contribution in [-0.4, -0.2) is 40.8 Å². The van der Waals surface area contributed by atoms with Crippen molar-refractivity contribution in [3.05, 3.63) is 0 Å². The van der Waals surface area contributed by atoms with E-state index in [0.717, 1.165) is 0 Å². The van der Waals surface area contributed by atoms with E-state index in [0.29, 0.717) is 12.8 Å². The van der Waals surface area contributed by atoms with Gasteiger partial charge in [0.2, 0.25) is 5.91 Å². The molecule has 7 heteroatoms. The minimum absolute atomic E-state index is 0.118. The summed E-state index contributed by atoms with van der Waals surface area (Å²) in [6.07, 6.45) is 0.273. The van der Waals surface area contributed by atoms with Crippen molar-refractivity contribution in [2.24, 2.45) is 11.8 Å². The molecule has 0 heterocycles.